The van der Waals surface area contributed by atoms with E-state index in [0.29, 0.717) is 0 Å². The number of hydrogen-bond donors (Lipinski definition) is 2. The van der Waals surface area contributed by atoms with Crippen LogP contribution in [-0.4, -0.2) is 9.79 Å². The van der Waals surface area contributed by atoms with E-state index in [2.05, 4.69) is 17.2 Å². The first-order valence-electron chi connectivity index (χ1n) is 2.46. The molecule has 1 aliphatic heterocycles. The molecular formula is H4O9P4. The van der Waals surface area contributed by atoms with Gasteiger partial charge in [-0.3, -0.25) is 4.31 Å². The van der Waals surface area contributed by atoms with Crippen molar-refractivity contribution in [1.82, 2.24) is 0 Å². The molecule has 1 fully saturated rings. The van der Waals surface area contributed by atoms with Crippen molar-refractivity contribution in [2.24, 2.45) is 0 Å². The Hall–Kier alpha value is 0.880. The average Bonchev–Trinajstić information content (AvgIpc) is 1.79. The molecule has 0 aromatic carbocycles. The Morgan fingerprint density at radius 3 is 1.69 bits per heavy atom. The first kappa shape index (κ1) is 12.0. The minimum Gasteiger partial charge on any atom is -0.302 e. The van der Waals surface area contributed by atoms with Crippen LogP contribution in [0.3, 0.4) is 0 Å². The van der Waals surface area contributed by atoms with Crippen molar-refractivity contribution >= 4 is 32.9 Å². The van der Waals surface area contributed by atoms with E-state index in [1.54, 1.807) is 0 Å². The van der Waals surface area contributed by atoms with Crippen LogP contribution in [0.2, 0.25) is 0 Å². The fourth-order valence-corrected chi connectivity index (χ4v) is 5.69. The zero-order chi connectivity index (χ0) is 10.3. The van der Waals surface area contributed by atoms with Gasteiger partial charge < -0.3 is 9.79 Å². The predicted molar refractivity (Wildman–Crippen MR) is 41.3 cm³/mol. The van der Waals surface area contributed by atoms with Gasteiger partial charge in [-0.15, -0.1) is 0 Å². The summed E-state index contributed by atoms with van der Waals surface area (Å²) in [5.41, 5.74) is 0. The summed E-state index contributed by atoms with van der Waals surface area (Å²) in [6.45, 7) is 0. The van der Waals surface area contributed by atoms with Crippen LogP contribution < -0.4 is 0 Å². The van der Waals surface area contributed by atoms with Crippen molar-refractivity contribution < 1.29 is 40.7 Å². The Labute approximate surface area is 74.5 Å². The Bertz CT molecular complexity index is 312. The lowest BCUT2D eigenvalue weighted by atomic mass is 15.6. The first-order chi connectivity index (χ1) is 5.68. The Morgan fingerprint density at radius 1 is 1.00 bits per heavy atom. The molecule has 0 aromatic heterocycles. The first-order valence-corrected chi connectivity index (χ1v) is 7.38. The quantitative estimate of drug-likeness (QED) is 0.675. The van der Waals surface area contributed by atoms with Gasteiger partial charge in [0.25, 0.3) is 0 Å². The van der Waals surface area contributed by atoms with Gasteiger partial charge >= 0.3 is 23.5 Å². The molecule has 1 heterocycles. The molecule has 1 rings (SSSR count). The summed E-state index contributed by atoms with van der Waals surface area (Å²) in [6.07, 6.45) is 0. The van der Waals surface area contributed by atoms with Gasteiger partial charge in [-0.05, 0) is 0 Å². The minimum absolute atomic E-state index is 1.40. The average molecular weight is 272 g/mol. The molecule has 2 N–H and O–H groups in total. The normalized spacial score (nSPS) is 51.9. The van der Waals surface area contributed by atoms with E-state index in [4.69, 9.17) is 9.79 Å². The monoisotopic (exact) mass is 272 g/mol. The van der Waals surface area contributed by atoms with Crippen LogP contribution in [0, 0.1) is 0 Å². The van der Waals surface area contributed by atoms with Gasteiger partial charge in [-0.2, -0.15) is 12.9 Å². The zero-order valence-electron chi connectivity index (χ0n) is 5.67. The fraction of sp³-hybridized carbons (Fsp3) is 0. The third-order valence-corrected chi connectivity index (χ3v) is 6.68. The van der Waals surface area contributed by atoms with Crippen LogP contribution in [0.5, 0.6) is 0 Å². The molecule has 0 aliphatic carbocycles. The lowest BCUT2D eigenvalue weighted by molar-refractivity contribution is 0.170. The molecule has 78 valence electrons. The highest BCUT2D eigenvalue weighted by Gasteiger charge is 2.53. The van der Waals surface area contributed by atoms with Gasteiger partial charge in [0, 0.05) is 9.47 Å². The van der Waals surface area contributed by atoms with Crippen molar-refractivity contribution in [2.75, 3.05) is 0 Å². The maximum Gasteiger partial charge on any atom is 0.495 e. The number of rotatable bonds is 1. The Balaban J connectivity index is 3.05. The molecule has 0 spiro atoms. The summed E-state index contributed by atoms with van der Waals surface area (Å²) in [6, 6.07) is 0. The van der Waals surface area contributed by atoms with E-state index in [9.17, 15) is 13.7 Å². The smallest absolute Gasteiger partial charge is 0.302 e. The molecule has 9 nitrogen and oxygen atoms in total. The third-order valence-electron chi connectivity index (χ3n) is 0.742. The molecule has 13 heteroatoms. The van der Waals surface area contributed by atoms with Crippen molar-refractivity contribution in [3.63, 3.8) is 0 Å². The summed E-state index contributed by atoms with van der Waals surface area (Å²) < 4.78 is 47.4. The van der Waals surface area contributed by atoms with Crippen LogP contribution >= 0.6 is 32.9 Å². The number of phosphoric acid groups is 3. The van der Waals surface area contributed by atoms with Crippen molar-refractivity contribution in [3.8, 4) is 0 Å². The van der Waals surface area contributed by atoms with Crippen molar-refractivity contribution in [2.45, 2.75) is 0 Å². The summed E-state index contributed by atoms with van der Waals surface area (Å²) in [4.78, 5) is 17.2. The lowest BCUT2D eigenvalue weighted by Gasteiger charge is -2.25. The van der Waals surface area contributed by atoms with Gasteiger partial charge in [0.15, 0.2) is 0 Å². The molecule has 0 bridgehead atoms. The summed E-state index contributed by atoms with van der Waals surface area (Å²) in [5.74, 6) is 0. The standard InChI is InChI=1S/H4O9P4/c1-11(2)7-12(3,4)9-13(5,6-10)8-11/h10H2,(H,1,2)(H,3,4). The largest absolute Gasteiger partial charge is 0.495 e. The maximum atomic E-state index is 11.0. The highest BCUT2D eigenvalue weighted by molar-refractivity contribution is 7.75. The molecule has 1 saturated heterocycles. The molecule has 3 atom stereocenters. The zero-order valence-corrected chi connectivity index (χ0v) is 9.51. The van der Waals surface area contributed by atoms with Crippen LogP contribution in [0.4, 0.5) is 0 Å². The number of hydrogen-bond acceptors (Lipinski definition) is 7. The molecule has 0 radical (unpaired) electrons. The fourth-order valence-electron chi connectivity index (χ4n) is 0.466. The third kappa shape index (κ3) is 3.18. The SMILES string of the molecule is O=P1(O)OP(=O)(O)OP(=O)(OP)O1. The Kier molecular flexibility index (Phi) is 3.19. The second-order valence-corrected chi connectivity index (χ2v) is 7.31. The maximum absolute atomic E-state index is 11.0. The van der Waals surface area contributed by atoms with Gasteiger partial charge in [0.1, 0.15) is 0 Å². The second kappa shape index (κ2) is 3.47. The molecule has 0 aromatic rings. The van der Waals surface area contributed by atoms with E-state index >= 15 is 0 Å². The molecule has 3 unspecified atom stereocenters. The van der Waals surface area contributed by atoms with Gasteiger partial charge in [0.2, 0.25) is 0 Å². The van der Waals surface area contributed by atoms with Crippen LogP contribution in [0.15, 0.2) is 0 Å². The molecule has 1 aliphatic rings. The van der Waals surface area contributed by atoms with E-state index in [1.807, 2.05) is 0 Å². The second-order valence-electron chi connectivity index (χ2n) is 1.73. The molecular weight excluding hydrogens is 268 g/mol. The van der Waals surface area contributed by atoms with E-state index in [1.165, 1.54) is 9.47 Å². The van der Waals surface area contributed by atoms with Gasteiger partial charge in [-0.25, -0.2) is 13.7 Å². The van der Waals surface area contributed by atoms with Gasteiger partial charge in [-0.1, -0.05) is 0 Å². The van der Waals surface area contributed by atoms with E-state index in [-0.39, 0.29) is 0 Å². The minimum atomic E-state index is -4.89. The summed E-state index contributed by atoms with van der Waals surface area (Å²) >= 11 is 0. The van der Waals surface area contributed by atoms with E-state index < -0.39 is 23.5 Å². The summed E-state index contributed by atoms with van der Waals surface area (Å²) in [7, 11) is -12.9. The van der Waals surface area contributed by atoms with Crippen molar-refractivity contribution in [1.29, 1.82) is 0 Å². The van der Waals surface area contributed by atoms with Crippen molar-refractivity contribution in [3.05, 3.63) is 0 Å². The van der Waals surface area contributed by atoms with Crippen LogP contribution in [-0.2, 0) is 30.9 Å². The molecule has 13 heavy (non-hydrogen) atoms. The van der Waals surface area contributed by atoms with Crippen LogP contribution in [0.1, 0.15) is 0 Å². The predicted octanol–water partition coefficient (Wildman–Crippen LogP) is 1.17. The molecule has 0 amide bonds. The van der Waals surface area contributed by atoms with E-state index in [0.717, 1.165) is 0 Å². The van der Waals surface area contributed by atoms with Crippen LogP contribution in [0.25, 0.3) is 0 Å². The van der Waals surface area contributed by atoms with Gasteiger partial charge in [0.05, 0.1) is 0 Å². The summed E-state index contributed by atoms with van der Waals surface area (Å²) in [5, 5.41) is 0. The highest BCUT2D eigenvalue weighted by Crippen LogP contribution is 2.80. The topological polar surface area (TPSA) is 129 Å². The molecule has 0 saturated carbocycles. The lowest BCUT2D eigenvalue weighted by Crippen LogP contribution is -2.03. The highest BCUT2D eigenvalue weighted by atomic mass is 31.3. The Morgan fingerprint density at radius 2 is 1.38 bits per heavy atom.